The van der Waals surface area contributed by atoms with Crippen LogP contribution in [0.4, 0.5) is 8.78 Å². The number of fused-ring (bicyclic) bond motifs is 2. The van der Waals surface area contributed by atoms with Gasteiger partial charge in [0, 0.05) is 0 Å². The lowest BCUT2D eigenvalue weighted by Gasteiger charge is -2.27. The summed E-state index contributed by atoms with van der Waals surface area (Å²) < 4.78 is 33.8. The Kier molecular flexibility index (Phi) is 5.97. The number of aromatic nitrogens is 2. The van der Waals surface area contributed by atoms with Crippen molar-refractivity contribution in [3.05, 3.63) is 65.5 Å². The van der Waals surface area contributed by atoms with Gasteiger partial charge in [-0.3, -0.25) is 19.1 Å². The Morgan fingerprint density at radius 3 is 2.12 bits per heavy atom. The molecule has 2 atom stereocenters. The van der Waals surface area contributed by atoms with E-state index in [2.05, 4.69) is 4.98 Å². The molecule has 1 aliphatic rings. The SMILES string of the molecule is CC(C)CC(C(=O)OC(C)c1nc2ccccc2n1C(F)F)N1C(=O)c2ccccc2C1=O. The first kappa shape index (κ1) is 22.6. The highest BCUT2D eigenvalue weighted by Gasteiger charge is 2.44. The van der Waals surface area contributed by atoms with Crippen LogP contribution in [0.3, 0.4) is 0 Å². The van der Waals surface area contributed by atoms with Gasteiger partial charge in [0.05, 0.1) is 22.2 Å². The number of halogens is 2. The first-order valence-electron chi connectivity index (χ1n) is 10.6. The molecular formula is C24H23F2N3O4. The summed E-state index contributed by atoms with van der Waals surface area (Å²) in [7, 11) is 0. The number of para-hydroxylation sites is 2. The fourth-order valence-electron chi connectivity index (χ4n) is 4.10. The maximum absolute atomic E-state index is 13.8. The summed E-state index contributed by atoms with van der Waals surface area (Å²) in [6.07, 6.45) is -0.966. The van der Waals surface area contributed by atoms with Gasteiger partial charge in [-0.2, -0.15) is 8.78 Å². The van der Waals surface area contributed by atoms with E-state index >= 15 is 0 Å². The van der Waals surface area contributed by atoms with Gasteiger partial charge >= 0.3 is 12.5 Å². The van der Waals surface area contributed by atoms with E-state index in [-0.39, 0.29) is 34.8 Å². The van der Waals surface area contributed by atoms with Crippen LogP contribution >= 0.6 is 0 Å². The molecule has 0 saturated carbocycles. The van der Waals surface area contributed by atoms with Crippen LogP contribution in [0, 0.1) is 5.92 Å². The van der Waals surface area contributed by atoms with Gasteiger partial charge in [0.2, 0.25) is 0 Å². The molecule has 2 amide bonds. The van der Waals surface area contributed by atoms with E-state index in [1.807, 2.05) is 13.8 Å². The first-order chi connectivity index (χ1) is 15.7. The number of rotatable bonds is 7. The molecular weight excluding hydrogens is 432 g/mol. The molecule has 3 aromatic rings. The molecule has 0 N–H and O–H groups in total. The zero-order chi connectivity index (χ0) is 23.9. The molecule has 172 valence electrons. The molecule has 0 fully saturated rings. The number of benzene rings is 2. The molecule has 0 saturated heterocycles. The van der Waals surface area contributed by atoms with E-state index in [9.17, 15) is 23.2 Å². The van der Waals surface area contributed by atoms with Gasteiger partial charge < -0.3 is 4.74 Å². The molecule has 4 rings (SSSR count). The number of ether oxygens (including phenoxy) is 1. The zero-order valence-electron chi connectivity index (χ0n) is 18.4. The third-order valence-electron chi connectivity index (χ3n) is 5.58. The topological polar surface area (TPSA) is 81.5 Å². The quantitative estimate of drug-likeness (QED) is 0.380. The van der Waals surface area contributed by atoms with Crippen molar-refractivity contribution < 1.29 is 27.9 Å². The fourth-order valence-corrected chi connectivity index (χ4v) is 4.10. The Hall–Kier alpha value is -3.62. The third kappa shape index (κ3) is 3.99. The van der Waals surface area contributed by atoms with Crippen molar-refractivity contribution in [3.8, 4) is 0 Å². The third-order valence-corrected chi connectivity index (χ3v) is 5.58. The normalized spacial score (nSPS) is 15.4. The molecule has 2 unspecified atom stereocenters. The Morgan fingerprint density at radius 2 is 1.55 bits per heavy atom. The number of nitrogens with zero attached hydrogens (tertiary/aromatic N) is 3. The summed E-state index contributed by atoms with van der Waals surface area (Å²) in [4.78, 5) is 44.2. The van der Waals surface area contributed by atoms with Crippen molar-refractivity contribution in [2.45, 2.75) is 45.9 Å². The highest BCUT2D eigenvalue weighted by molar-refractivity contribution is 6.22. The van der Waals surface area contributed by atoms with Crippen molar-refractivity contribution in [1.29, 1.82) is 0 Å². The van der Waals surface area contributed by atoms with Crippen LogP contribution in [0.25, 0.3) is 11.0 Å². The number of alkyl halides is 2. The van der Waals surface area contributed by atoms with Gasteiger partial charge in [-0.1, -0.05) is 38.1 Å². The molecule has 2 aromatic carbocycles. The Balaban J connectivity index is 1.64. The second kappa shape index (κ2) is 8.73. The summed E-state index contributed by atoms with van der Waals surface area (Å²) in [6.45, 7) is 2.24. The molecule has 0 spiro atoms. The van der Waals surface area contributed by atoms with Crippen molar-refractivity contribution in [1.82, 2.24) is 14.5 Å². The van der Waals surface area contributed by atoms with Crippen LogP contribution in [0.5, 0.6) is 0 Å². The number of carbonyl (C=O) groups is 3. The number of imidazole rings is 1. The molecule has 1 aromatic heterocycles. The van der Waals surface area contributed by atoms with Crippen LogP contribution in [-0.2, 0) is 9.53 Å². The Morgan fingerprint density at radius 1 is 0.970 bits per heavy atom. The number of hydrogen-bond acceptors (Lipinski definition) is 5. The molecule has 0 aliphatic carbocycles. The summed E-state index contributed by atoms with van der Waals surface area (Å²) in [5.74, 6) is -2.17. The average molecular weight is 455 g/mol. The predicted octanol–water partition coefficient (Wildman–Crippen LogP) is 4.75. The highest BCUT2D eigenvalue weighted by atomic mass is 19.3. The smallest absolute Gasteiger partial charge is 0.330 e. The Labute approximate surface area is 189 Å². The van der Waals surface area contributed by atoms with E-state index in [1.54, 1.807) is 30.3 Å². The molecule has 2 heterocycles. The molecule has 0 radical (unpaired) electrons. The zero-order valence-corrected chi connectivity index (χ0v) is 18.4. The van der Waals surface area contributed by atoms with Crippen molar-refractivity contribution in [2.75, 3.05) is 0 Å². The fraction of sp³-hybridized carbons (Fsp3) is 0.333. The van der Waals surface area contributed by atoms with E-state index in [0.717, 1.165) is 4.90 Å². The number of hydrogen-bond donors (Lipinski definition) is 0. The largest absolute Gasteiger partial charge is 0.453 e. The van der Waals surface area contributed by atoms with Crippen LogP contribution in [0.1, 0.15) is 66.4 Å². The Bertz CT molecular complexity index is 1200. The minimum atomic E-state index is -2.89. The molecule has 1 aliphatic heterocycles. The van der Waals surface area contributed by atoms with Crippen LogP contribution in [0.15, 0.2) is 48.5 Å². The highest BCUT2D eigenvalue weighted by Crippen LogP contribution is 2.31. The molecule has 9 heteroatoms. The summed E-state index contributed by atoms with van der Waals surface area (Å²) in [5.41, 5.74) is 0.993. The maximum Gasteiger partial charge on any atom is 0.330 e. The minimum Gasteiger partial charge on any atom is -0.453 e. The van der Waals surface area contributed by atoms with Crippen LogP contribution in [0.2, 0.25) is 0 Å². The van der Waals surface area contributed by atoms with Gasteiger partial charge in [-0.05, 0) is 43.5 Å². The van der Waals surface area contributed by atoms with E-state index in [0.29, 0.717) is 10.1 Å². The van der Waals surface area contributed by atoms with Crippen molar-refractivity contribution in [3.63, 3.8) is 0 Å². The number of carbonyl (C=O) groups excluding carboxylic acids is 3. The average Bonchev–Trinajstić information content (AvgIpc) is 3.28. The lowest BCUT2D eigenvalue weighted by molar-refractivity contribution is -0.154. The van der Waals surface area contributed by atoms with Crippen LogP contribution in [-0.4, -0.2) is 38.3 Å². The minimum absolute atomic E-state index is 0.0483. The first-order valence-corrected chi connectivity index (χ1v) is 10.6. The monoisotopic (exact) mass is 455 g/mol. The molecule has 0 bridgehead atoms. The van der Waals surface area contributed by atoms with Gasteiger partial charge in [0.15, 0.2) is 11.9 Å². The second-order valence-electron chi connectivity index (χ2n) is 8.36. The van der Waals surface area contributed by atoms with E-state index in [4.69, 9.17) is 4.74 Å². The number of amides is 2. The van der Waals surface area contributed by atoms with Gasteiger partial charge in [0.25, 0.3) is 11.8 Å². The standard InChI is InChI=1S/C24H23F2N3O4/c1-13(2)12-19(29-21(30)15-8-4-5-9-16(15)22(29)31)23(32)33-14(3)20-27-17-10-6-7-11-18(17)28(20)24(25)26/h4-11,13-14,19,24H,12H2,1-3H3. The summed E-state index contributed by atoms with van der Waals surface area (Å²) in [5, 5.41) is 0. The van der Waals surface area contributed by atoms with Crippen LogP contribution < -0.4 is 0 Å². The predicted molar refractivity (Wildman–Crippen MR) is 116 cm³/mol. The van der Waals surface area contributed by atoms with Gasteiger partial charge in [-0.15, -0.1) is 0 Å². The summed E-state index contributed by atoms with van der Waals surface area (Å²) in [6, 6.07) is 11.5. The van der Waals surface area contributed by atoms with Crippen molar-refractivity contribution >= 4 is 28.8 Å². The van der Waals surface area contributed by atoms with Gasteiger partial charge in [0.1, 0.15) is 6.04 Å². The molecule has 7 nitrogen and oxygen atoms in total. The second-order valence-corrected chi connectivity index (χ2v) is 8.36. The van der Waals surface area contributed by atoms with E-state index < -0.39 is 36.5 Å². The molecule has 33 heavy (non-hydrogen) atoms. The van der Waals surface area contributed by atoms with Crippen molar-refractivity contribution in [2.24, 2.45) is 5.92 Å². The lowest BCUT2D eigenvalue weighted by Crippen LogP contribution is -2.46. The number of imide groups is 1. The number of esters is 1. The summed E-state index contributed by atoms with van der Waals surface area (Å²) >= 11 is 0. The maximum atomic E-state index is 13.8. The lowest BCUT2D eigenvalue weighted by atomic mass is 10.0. The van der Waals surface area contributed by atoms with Gasteiger partial charge in [-0.25, -0.2) is 9.78 Å². The van der Waals surface area contributed by atoms with E-state index in [1.165, 1.54) is 25.1 Å².